The van der Waals surface area contributed by atoms with Gasteiger partial charge in [-0.3, -0.25) is 4.79 Å². The topological polar surface area (TPSA) is 38.3 Å². The fourth-order valence-electron chi connectivity index (χ4n) is 2.69. The van der Waals surface area contributed by atoms with Crippen molar-refractivity contribution in [1.29, 1.82) is 0 Å². The van der Waals surface area contributed by atoms with Gasteiger partial charge in [-0.05, 0) is 37.5 Å². The second-order valence-electron chi connectivity index (χ2n) is 4.62. The number of aryl methyl sites for hydroxylation is 1. The standard InChI is InChI=1S/C14H19NO2/c1-5-10-7-15-14(16)13-9(3)11(17-4)6-8(2)12(10)13/h6,10H,5,7H2,1-4H3,(H,15,16). The van der Waals surface area contributed by atoms with Gasteiger partial charge in [-0.1, -0.05) is 6.92 Å². The van der Waals surface area contributed by atoms with E-state index in [0.29, 0.717) is 5.92 Å². The fourth-order valence-corrected chi connectivity index (χ4v) is 2.69. The number of ether oxygens (including phenoxy) is 1. The summed E-state index contributed by atoms with van der Waals surface area (Å²) in [6, 6.07) is 2.04. The van der Waals surface area contributed by atoms with Gasteiger partial charge in [-0.15, -0.1) is 0 Å². The summed E-state index contributed by atoms with van der Waals surface area (Å²) in [6.07, 6.45) is 1.04. The first-order valence-electron chi connectivity index (χ1n) is 6.06. The van der Waals surface area contributed by atoms with Crippen LogP contribution in [-0.4, -0.2) is 19.6 Å². The van der Waals surface area contributed by atoms with E-state index in [0.717, 1.165) is 35.4 Å². The molecule has 1 aliphatic heterocycles. The molecule has 1 aromatic carbocycles. The summed E-state index contributed by atoms with van der Waals surface area (Å²) < 4.78 is 5.33. The Bertz CT molecular complexity index is 466. The number of fused-ring (bicyclic) bond motifs is 1. The number of hydrogen-bond acceptors (Lipinski definition) is 2. The molecule has 1 aliphatic rings. The first kappa shape index (κ1) is 12.0. The third kappa shape index (κ3) is 1.79. The molecule has 0 saturated heterocycles. The quantitative estimate of drug-likeness (QED) is 0.852. The molecule has 0 aromatic heterocycles. The number of carbonyl (C=O) groups is 1. The lowest BCUT2D eigenvalue weighted by molar-refractivity contribution is 0.0938. The highest BCUT2D eigenvalue weighted by Crippen LogP contribution is 2.35. The largest absolute Gasteiger partial charge is 0.496 e. The Kier molecular flexibility index (Phi) is 3.09. The third-order valence-corrected chi connectivity index (χ3v) is 3.64. The second kappa shape index (κ2) is 4.40. The number of hydrogen-bond donors (Lipinski definition) is 1. The minimum absolute atomic E-state index is 0.0317. The first-order valence-corrected chi connectivity index (χ1v) is 6.06. The zero-order chi connectivity index (χ0) is 12.6. The van der Waals surface area contributed by atoms with Crippen molar-refractivity contribution in [3.63, 3.8) is 0 Å². The summed E-state index contributed by atoms with van der Waals surface area (Å²) in [5.74, 6) is 1.25. The van der Waals surface area contributed by atoms with Crippen molar-refractivity contribution in [2.24, 2.45) is 0 Å². The molecule has 0 spiro atoms. The third-order valence-electron chi connectivity index (χ3n) is 3.64. The number of carbonyl (C=O) groups excluding carboxylic acids is 1. The summed E-state index contributed by atoms with van der Waals surface area (Å²) in [5, 5.41) is 2.96. The van der Waals surface area contributed by atoms with Crippen LogP contribution < -0.4 is 10.1 Å². The number of amides is 1. The molecule has 1 heterocycles. The average molecular weight is 233 g/mol. The molecule has 92 valence electrons. The predicted octanol–water partition coefficient (Wildman–Crippen LogP) is 2.55. The minimum Gasteiger partial charge on any atom is -0.496 e. The Morgan fingerprint density at radius 3 is 2.76 bits per heavy atom. The van der Waals surface area contributed by atoms with Gasteiger partial charge in [0.05, 0.1) is 7.11 Å². The van der Waals surface area contributed by atoms with E-state index >= 15 is 0 Å². The molecule has 2 rings (SSSR count). The van der Waals surface area contributed by atoms with Crippen molar-refractivity contribution in [1.82, 2.24) is 5.32 Å². The minimum atomic E-state index is 0.0317. The SMILES string of the molecule is CCC1CNC(=O)c2c(C)c(OC)cc(C)c21. The van der Waals surface area contributed by atoms with Gasteiger partial charge in [0.25, 0.3) is 5.91 Å². The number of nitrogens with one attached hydrogen (secondary N) is 1. The molecule has 3 nitrogen and oxygen atoms in total. The Morgan fingerprint density at radius 1 is 1.47 bits per heavy atom. The predicted molar refractivity (Wildman–Crippen MR) is 67.8 cm³/mol. The molecule has 1 unspecified atom stereocenters. The lowest BCUT2D eigenvalue weighted by Gasteiger charge is -2.28. The normalized spacial score (nSPS) is 18.6. The van der Waals surface area contributed by atoms with Gasteiger partial charge in [-0.25, -0.2) is 0 Å². The van der Waals surface area contributed by atoms with E-state index in [1.54, 1.807) is 7.11 Å². The summed E-state index contributed by atoms with van der Waals surface area (Å²) in [6.45, 7) is 6.91. The van der Waals surface area contributed by atoms with Crippen molar-refractivity contribution < 1.29 is 9.53 Å². The number of benzene rings is 1. The molecular weight excluding hydrogens is 214 g/mol. The van der Waals surface area contributed by atoms with Crippen molar-refractivity contribution in [3.8, 4) is 5.75 Å². The maximum absolute atomic E-state index is 12.0. The second-order valence-corrected chi connectivity index (χ2v) is 4.62. The van der Waals surface area contributed by atoms with E-state index in [2.05, 4.69) is 19.2 Å². The molecular formula is C14H19NO2. The molecule has 0 saturated carbocycles. The summed E-state index contributed by atoms with van der Waals surface area (Å²) >= 11 is 0. The number of rotatable bonds is 2. The highest BCUT2D eigenvalue weighted by Gasteiger charge is 2.28. The zero-order valence-electron chi connectivity index (χ0n) is 10.9. The Hall–Kier alpha value is -1.51. The molecule has 3 heteroatoms. The van der Waals surface area contributed by atoms with Crippen LogP contribution in [0, 0.1) is 13.8 Å². The fraction of sp³-hybridized carbons (Fsp3) is 0.500. The molecule has 1 N–H and O–H groups in total. The molecule has 1 amide bonds. The molecule has 0 bridgehead atoms. The van der Waals surface area contributed by atoms with E-state index in [9.17, 15) is 4.79 Å². The lowest BCUT2D eigenvalue weighted by atomic mass is 9.83. The van der Waals surface area contributed by atoms with Crippen LogP contribution in [0.1, 0.15) is 46.3 Å². The summed E-state index contributed by atoms with van der Waals surface area (Å²) in [4.78, 5) is 12.0. The van der Waals surface area contributed by atoms with Gasteiger partial charge >= 0.3 is 0 Å². The molecule has 0 fully saturated rings. The smallest absolute Gasteiger partial charge is 0.252 e. The molecule has 1 atom stereocenters. The summed E-state index contributed by atoms with van der Waals surface area (Å²) in [5.41, 5.74) is 4.13. The van der Waals surface area contributed by atoms with Crippen LogP contribution in [0.4, 0.5) is 0 Å². The van der Waals surface area contributed by atoms with E-state index in [1.807, 2.05) is 13.0 Å². The highest BCUT2D eigenvalue weighted by atomic mass is 16.5. The van der Waals surface area contributed by atoms with Crippen LogP contribution in [0.25, 0.3) is 0 Å². The Morgan fingerprint density at radius 2 is 2.18 bits per heavy atom. The molecule has 1 aromatic rings. The van der Waals surface area contributed by atoms with Gasteiger partial charge in [-0.2, -0.15) is 0 Å². The van der Waals surface area contributed by atoms with E-state index < -0.39 is 0 Å². The van der Waals surface area contributed by atoms with Crippen LogP contribution in [0.2, 0.25) is 0 Å². The molecule has 0 radical (unpaired) electrons. The van der Waals surface area contributed by atoms with Crippen LogP contribution in [0.3, 0.4) is 0 Å². The van der Waals surface area contributed by atoms with Crippen molar-refractivity contribution in [2.75, 3.05) is 13.7 Å². The van der Waals surface area contributed by atoms with Gasteiger partial charge in [0.15, 0.2) is 0 Å². The van der Waals surface area contributed by atoms with Crippen molar-refractivity contribution in [3.05, 3.63) is 28.3 Å². The van der Waals surface area contributed by atoms with Gasteiger partial charge in [0.2, 0.25) is 0 Å². The highest BCUT2D eigenvalue weighted by molar-refractivity contribution is 5.99. The van der Waals surface area contributed by atoms with Crippen LogP contribution in [0.5, 0.6) is 5.75 Å². The van der Waals surface area contributed by atoms with Gasteiger partial charge in [0.1, 0.15) is 5.75 Å². The maximum Gasteiger partial charge on any atom is 0.252 e. The van der Waals surface area contributed by atoms with Gasteiger partial charge in [0, 0.05) is 23.6 Å². The first-order chi connectivity index (χ1) is 8.10. The van der Waals surface area contributed by atoms with Crippen molar-refractivity contribution >= 4 is 5.91 Å². The number of methoxy groups -OCH3 is 1. The monoisotopic (exact) mass is 233 g/mol. The molecule has 0 aliphatic carbocycles. The van der Waals surface area contributed by atoms with E-state index in [1.165, 1.54) is 5.56 Å². The van der Waals surface area contributed by atoms with Gasteiger partial charge < -0.3 is 10.1 Å². The zero-order valence-corrected chi connectivity index (χ0v) is 10.9. The Labute approximate surface area is 102 Å². The van der Waals surface area contributed by atoms with Crippen LogP contribution in [0.15, 0.2) is 6.07 Å². The summed E-state index contributed by atoms with van der Waals surface area (Å²) in [7, 11) is 1.65. The average Bonchev–Trinajstić information content (AvgIpc) is 2.33. The Balaban J connectivity index is 2.70. The van der Waals surface area contributed by atoms with Crippen LogP contribution >= 0.6 is 0 Å². The lowest BCUT2D eigenvalue weighted by Crippen LogP contribution is -2.36. The van der Waals surface area contributed by atoms with E-state index in [4.69, 9.17) is 4.74 Å². The van der Waals surface area contributed by atoms with E-state index in [-0.39, 0.29) is 5.91 Å². The van der Waals surface area contributed by atoms with Crippen molar-refractivity contribution in [2.45, 2.75) is 33.1 Å². The van der Waals surface area contributed by atoms with Crippen LogP contribution in [-0.2, 0) is 0 Å². The molecule has 17 heavy (non-hydrogen) atoms. The maximum atomic E-state index is 12.0.